The van der Waals surface area contributed by atoms with Crippen LogP contribution in [0.3, 0.4) is 0 Å². The highest BCUT2D eigenvalue weighted by atomic mass is 14.5. The molecule has 0 N–H and O–H groups in total. The van der Waals surface area contributed by atoms with Gasteiger partial charge in [-0.05, 0) is 147 Å². The average Bonchev–Trinajstić information content (AvgIpc) is 4.03. The van der Waals surface area contributed by atoms with Crippen molar-refractivity contribution in [2.24, 2.45) is 0 Å². The lowest BCUT2D eigenvalue weighted by Crippen LogP contribution is -2.25. The van der Waals surface area contributed by atoms with E-state index in [2.05, 4.69) is 231 Å². The van der Waals surface area contributed by atoms with Crippen molar-refractivity contribution in [3.05, 3.63) is 275 Å². The normalized spacial score (nSPS) is 14.4. The highest BCUT2D eigenvalue weighted by molar-refractivity contribution is 5.98. The van der Waals surface area contributed by atoms with E-state index in [-0.39, 0.29) is 10.8 Å². The first-order valence-corrected chi connectivity index (χ1v) is 21.8. The number of hydrogen-bond acceptors (Lipinski definition) is 0. The van der Waals surface area contributed by atoms with E-state index in [0.717, 1.165) is 0 Å². The Balaban J connectivity index is 0.863. The van der Waals surface area contributed by atoms with E-state index < -0.39 is 0 Å². The number of benzene rings is 10. The van der Waals surface area contributed by atoms with Gasteiger partial charge in [-0.25, -0.2) is 0 Å². The Morgan fingerprint density at radius 2 is 0.387 bits per heavy atom. The third-order valence-electron chi connectivity index (χ3n) is 14.7. The molecule has 0 heterocycles. The Bertz CT molecular complexity index is 3220. The predicted octanol–water partition coefficient (Wildman–Crippen LogP) is 15.4. The van der Waals surface area contributed by atoms with Crippen molar-refractivity contribution in [1.82, 2.24) is 0 Å². The lowest BCUT2D eigenvalue weighted by Gasteiger charge is -2.30. The van der Waals surface area contributed by atoms with Crippen LogP contribution in [-0.2, 0) is 10.8 Å². The fourth-order valence-corrected chi connectivity index (χ4v) is 12.3. The molecule has 0 amide bonds. The molecule has 0 saturated heterocycles. The molecule has 0 nitrogen and oxygen atoms in total. The summed E-state index contributed by atoms with van der Waals surface area (Å²) in [4.78, 5) is 0. The van der Waals surface area contributed by atoms with Crippen LogP contribution in [0.5, 0.6) is 0 Å². The lowest BCUT2D eigenvalue weighted by molar-refractivity contribution is 0.794. The maximum Gasteiger partial charge on any atom is 0.0725 e. The fraction of sp³-hybridized carbons (Fsp3) is 0.0323. The van der Waals surface area contributed by atoms with Gasteiger partial charge >= 0.3 is 0 Å². The van der Waals surface area contributed by atoms with Crippen molar-refractivity contribution >= 4 is 0 Å². The number of rotatable bonds is 3. The van der Waals surface area contributed by atoms with Crippen LogP contribution in [-0.4, -0.2) is 0 Å². The molecule has 0 bridgehead atoms. The third kappa shape index (κ3) is 4.21. The van der Waals surface area contributed by atoms with Gasteiger partial charge < -0.3 is 0 Å². The minimum absolute atomic E-state index is 0.327. The summed E-state index contributed by atoms with van der Waals surface area (Å²) in [5.41, 5.74) is 28.3. The van der Waals surface area contributed by atoms with Crippen LogP contribution in [0.1, 0.15) is 44.5 Å². The van der Waals surface area contributed by atoms with Crippen LogP contribution in [0.2, 0.25) is 0 Å². The zero-order valence-corrected chi connectivity index (χ0v) is 33.9. The first-order chi connectivity index (χ1) is 30.7. The Labute approximate surface area is 362 Å². The van der Waals surface area contributed by atoms with E-state index >= 15 is 0 Å². The largest absolute Gasteiger partial charge is 0.0725 e. The van der Waals surface area contributed by atoms with Gasteiger partial charge in [-0.1, -0.05) is 206 Å². The van der Waals surface area contributed by atoms with Crippen LogP contribution in [0, 0.1) is 0 Å². The van der Waals surface area contributed by atoms with Gasteiger partial charge in [-0.15, -0.1) is 0 Å². The van der Waals surface area contributed by atoms with Crippen molar-refractivity contribution in [3.63, 3.8) is 0 Å². The summed E-state index contributed by atoms with van der Waals surface area (Å²) in [5.74, 6) is 0. The molecule has 0 unspecified atom stereocenters. The summed E-state index contributed by atoms with van der Waals surface area (Å²) in [7, 11) is 0. The number of fused-ring (bicyclic) bond motifs is 20. The highest BCUT2D eigenvalue weighted by Crippen LogP contribution is 2.64. The summed E-state index contributed by atoms with van der Waals surface area (Å²) in [6.45, 7) is 0. The topological polar surface area (TPSA) is 0 Å². The minimum Gasteiger partial charge on any atom is -0.0619 e. The molecule has 2 spiro atoms. The summed E-state index contributed by atoms with van der Waals surface area (Å²) in [5, 5.41) is 0. The Kier molecular flexibility index (Phi) is 6.78. The van der Waals surface area contributed by atoms with Crippen molar-refractivity contribution < 1.29 is 0 Å². The molecule has 10 aromatic carbocycles. The molecule has 0 atom stereocenters. The van der Waals surface area contributed by atoms with E-state index in [1.807, 2.05) is 0 Å². The molecular weight excluding hydrogens is 745 g/mol. The summed E-state index contributed by atoms with van der Waals surface area (Å²) in [6.07, 6.45) is 0. The van der Waals surface area contributed by atoms with E-state index in [4.69, 9.17) is 0 Å². The first kappa shape index (κ1) is 34.0. The van der Waals surface area contributed by atoms with Crippen LogP contribution in [0.15, 0.2) is 231 Å². The molecular formula is C62H38. The zero-order valence-electron chi connectivity index (χ0n) is 33.9. The van der Waals surface area contributed by atoms with Gasteiger partial charge in [0.1, 0.15) is 0 Å². The molecule has 0 aromatic heterocycles. The standard InChI is InChI=1S/C62H38/c1-7-25-53-45(19-1)46-20-2-8-26-54(46)61(53)57-29-11-5-23-49(57)51-37-43(31-33-59(51)61)41-17-13-15-39(35-41)40-16-14-18-42(36-40)44-32-34-60-52(38-44)50-24-6-12-30-58(50)62(60)55-27-9-3-21-47(55)48-22-4-10-28-56(48)62/h1-38H. The maximum absolute atomic E-state index is 2.44. The van der Waals surface area contributed by atoms with Gasteiger partial charge in [-0.3, -0.25) is 0 Å². The minimum atomic E-state index is -0.327. The second-order valence-corrected chi connectivity index (χ2v) is 17.5. The van der Waals surface area contributed by atoms with Crippen molar-refractivity contribution in [2.45, 2.75) is 10.8 Å². The van der Waals surface area contributed by atoms with Gasteiger partial charge in [0.25, 0.3) is 0 Å². The molecule has 0 fully saturated rings. The van der Waals surface area contributed by atoms with Crippen LogP contribution in [0.25, 0.3) is 77.9 Å². The number of hydrogen-bond donors (Lipinski definition) is 0. The zero-order chi connectivity index (χ0) is 40.6. The monoisotopic (exact) mass is 782 g/mol. The summed E-state index contributed by atoms with van der Waals surface area (Å²) < 4.78 is 0. The van der Waals surface area contributed by atoms with Gasteiger partial charge in [0.15, 0.2) is 0 Å². The van der Waals surface area contributed by atoms with Crippen LogP contribution < -0.4 is 0 Å². The SMILES string of the molecule is c1cc(-c2cccc(-c3ccc4c(c3)-c3ccccc3C43c4ccccc4-c4ccccc43)c2)cc(-c2ccc3c(c2)-c2ccccc2C32c3ccccc3-c3ccccc32)c1. The van der Waals surface area contributed by atoms with Gasteiger partial charge in [0, 0.05) is 0 Å². The highest BCUT2D eigenvalue weighted by Gasteiger charge is 2.53. The van der Waals surface area contributed by atoms with E-state index in [1.54, 1.807) is 0 Å². The van der Waals surface area contributed by atoms with Gasteiger partial charge in [0.05, 0.1) is 10.8 Å². The molecule has 0 heteroatoms. The van der Waals surface area contributed by atoms with Crippen LogP contribution in [0.4, 0.5) is 0 Å². The Morgan fingerprint density at radius 3 is 0.677 bits per heavy atom. The molecule has 62 heavy (non-hydrogen) atoms. The molecule has 0 aliphatic heterocycles. The lowest BCUT2D eigenvalue weighted by atomic mass is 9.70. The molecule has 0 saturated carbocycles. The predicted molar refractivity (Wildman–Crippen MR) is 255 cm³/mol. The Hall–Kier alpha value is -7.80. The molecule has 14 rings (SSSR count). The van der Waals surface area contributed by atoms with Gasteiger partial charge in [0.2, 0.25) is 0 Å². The molecule has 0 radical (unpaired) electrons. The van der Waals surface area contributed by atoms with Crippen LogP contribution >= 0.6 is 0 Å². The molecule has 286 valence electrons. The quantitative estimate of drug-likeness (QED) is 0.167. The summed E-state index contributed by atoms with van der Waals surface area (Å²) in [6, 6.07) is 86.9. The average molecular weight is 783 g/mol. The van der Waals surface area contributed by atoms with Crippen molar-refractivity contribution in [1.29, 1.82) is 0 Å². The molecule has 10 aromatic rings. The van der Waals surface area contributed by atoms with Gasteiger partial charge in [-0.2, -0.15) is 0 Å². The van der Waals surface area contributed by atoms with Crippen molar-refractivity contribution in [2.75, 3.05) is 0 Å². The summed E-state index contributed by atoms with van der Waals surface area (Å²) >= 11 is 0. The molecule has 4 aliphatic carbocycles. The third-order valence-corrected chi connectivity index (χ3v) is 14.7. The Morgan fingerprint density at radius 1 is 0.161 bits per heavy atom. The maximum atomic E-state index is 2.44. The smallest absolute Gasteiger partial charge is 0.0619 e. The van der Waals surface area contributed by atoms with E-state index in [0.29, 0.717) is 0 Å². The van der Waals surface area contributed by atoms with E-state index in [1.165, 1.54) is 122 Å². The second kappa shape index (κ2) is 12.4. The molecule has 4 aliphatic rings. The first-order valence-electron chi connectivity index (χ1n) is 21.8. The van der Waals surface area contributed by atoms with Crippen molar-refractivity contribution in [3.8, 4) is 77.9 Å². The second-order valence-electron chi connectivity index (χ2n) is 17.5. The fourth-order valence-electron chi connectivity index (χ4n) is 12.3. The van der Waals surface area contributed by atoms with E-state index in [9.17, 15) is 0 Å².